The summed E-state index contributed by atoms with van der Waals surface area (Å²) in [5, 5.41) is 2.03. The van der Waals surface area contributed by atoms with E-state index < -0.39 is 6.03 Å². The lowest BCUT2D eigenvalue weighted by molar-refractivity contribution is -0.121. The van der Waals surface area contributed by atoms with Gasteiger partial charge in [0.1, 0.15) is 0 Å². The first-order valence-electron chi connectivity index (χ1n) is 5.06. The fourth-order valence-electron chi connectivity index (χ4n) is 1.69. The first-order valence-corrected chi connectivity index (χ1v) is 5.06. The number of carbonyl (C=O) groups excluding carboxylic acids is 2. The number of hydrogen-bond donors (Lipinski definition) is 3. The molecule has 0 aromatic heterocycles. The fraction of sp³-hybridized carbons (Fsp3) is 0.778. The van der Waals surface area contributed by atoms with Crippen molar-refractivity contribution < 1.29 is 9.59 Å². The monoisotopic (exact) mass is 214 g/mol. The van der Waals surface area contributed by atoms with Crippen molar-refractivity contribution in [2.45, 2.75) is 19.4 Å². The van der Waals surface area contributed by atoms with Crippen LogP contribution in [0.2, 0.25) is 0 Å². The Morgan fingerprint density at radius 1 is 1.53 bits per heavy atom. The molecule has 0 aliphatic carbocycles. The first kappa shape index (κ1) is 11.9. The summed E-state index contributed by atoms with van der Waals surface area (Å²) in [5.74, 6) is 0.115. The maximum absolute atomic E-state index is 11.2. The topological polar surface area (TPSA) is 101 Å². The number of nitrogens with two attached hydrogens (primary N) is 2. The third-order valence-corrected chi connectivity index (χ3v) is 2.73. The van der Waals surface area contributed by atoms with Gasteiger partial charge in [0.2, 0.25) is 5.91 Å². The number of rotatable bonds is 2. The SMILES string of the molecule is CC1CCN(CC(=O)NC(N)=O)CC1N. The summed E-state index contributed by atoms with van der Waals surface area (Å²) in [6, 6.07) is -0.713. The number of nitrogens with zero attached hydrogens (tertiary/aromatic N) is 1. The molecule has 2 atom stereocenters. The Balaban J connectivity index is 2.33. The highest BCUT2D eigenvalue weighted by Crippen LogP contribution is 2.14. The molecular formula is C9H18N4O2. The predicted molar refractivity (Wildman–Crippen MR) is 55.9 cm³/mol. The Labute approximate surface area is 89.0 Å². The lowest BCUT2D eigenvalue weighted by Crippen LogP contribution is -2.51. The van der Waals surface area contributed by atoms with Crippen molar-refractivity contribution in [2.75, 3.05) is 19.6 Å². The molecule has 15 heavy (non-hydrogen) atoms. The van der Waals surface area contributed by atoms with Crippen molar-refractivity contribution in [1.29, 1.82) is 0 Å². The molecule has 1 fully saturated rings. The van der Waals surface area contributed by atoms with Crippen LogP contribution in [0, 0.1) is 5.92 Å². The number of carbonyl (C=O) groups is 2. The van der Waals surface area contributed by atoms with Gasteiger partial charge in [0.05, 0.1) is 6.54 Å². The van der Waals surface area contributed by atoms with E-state index in [-0.39, 0.29) is 18.5 Å². The molecule has 0 spiro atoms. The molecule has 0 bridgehead atoms. The molecule has 6 nitrogen and oxygen atoms in total. The molecule has 0 aromatic rings. The molecule has 1 aliphatic rings. The van der Waals surface area contributed by atoms with Gasteiger partial charge in [-0.2, -0.15) is 0 Å². The van der Waals surface area contributed by atoms with Crippen LogP contribution >= 0.6 is 0 Å². The van der Waals surface area contributed by atoms with Gasteiger partial charge in [0, 0.05) is 12.6 Å². The largest absolute Gasteiger partial charge is 0.351 e. The molecule has 86 valence electrons. The smallest absolute Gasteiger partial charge is 0.318 e. The summed E-state index contributed by atoms with van der Waals surface area (Å²) in [6.45, 7) is 3.81. The van der Waals surface area contributed by atoms with Crippen molar-refractivity contribution in [3.63, 3.8) is 0 Å². The number of urea groups is 1. The van der Waals surface area contributed by atoms with E-state index in [0.29, 0.717) is 12.5 Å². The Bertz CT molecular complexity index is 256. The van der Waals surface area contributed by atoms with E-state index in [9.17, 15) is 9.59 Å². The Morgan fingerprint density at radius 3 is 2.73 bits per heavy atom. The number of piperidine rings is 1. The number of likely N-dealkylation sites (tertiary alicyclic amines) is 1. The standard InChI is InChI=1S/C9H18N4O2/c1-6-2-3-13(4-7(6)10)5-8(14)12-9(11)15/h6-7H,2-5,10H2,1H3,(H3,11,12,14,15). The van der Waals surface area contributed by atoms with Gasteiger partial charge in [-0.05, 0) is 18.9 Å². The van der Waals surface area contributed by atoms with Crippen LogP contribution in [-0.4, -0.2) is 42.5 Å². The molecule has 1 aliphatic heterocycles. The molecule has 1 heterocycles. The van der Waals surface area contributed by atoms with Crippen LogP contribution in [0.3, 0.4) is 0 Å². The quantitative estimate of drug-likeness (QED) is 0.540. The van der Waals surface area contributed by atoms with Gasteiger partial charge in [0.25, 0.3) is 0 Å². The molecule has 0 saturated carbocycles. The minimum absolute atomic E-state index is 0.0973. The van der Waals surface area contributed by atoms with E-state index >= 15 is 0 Å². The minimum Gasteiger partial charge on any atom is -0.351 e. The number of imide groups is 1. The number of primary amides is 1. The molecule has 6 heteroatoms. The Morgan fingerprint density at radius 2 is 2.20 bits per heavy atom. The summed E-state index contributed by atoms with van der Waals surface area (Å²) < 4.78 is 0. The third kappa shape index (κ3) is 3.85. The fourth-order valence-corrected chi connectivity index (χ4v) is 1.69. The van der Waals surface area contributed by atoms with Gasteiger partial charge >= 0.3 is 6.03 Å². The van der Waals surface area contributed by atoms with E-state index in [1.807, 2.05) is 10.2 Å². The number of hydrogen-bond acceptors (Lipinski definition) is 4. The van der Waals surface area contributed by atoms with Gasteiger partial charge in [-0.25, -0.2) is 4.79 Å². The predicted octanol–water partition coefficient (Wildman–Crippen LogP) is -1.15. The second-order valence-electron chi connectivity index (χ2n) is 4.08. The van der Waals surface area contributed by atoms with Gasteiger partial charge in [-0.1, -0.05) is 6.92 Å². The van der Waals surface area contributed by atoms with E-state index in [1.165, 1.54) is 0 Å². The van der Waals surface area contributed by atoms with Crippen LogP contribution in [0.4, 0.5) is 4.79 Å². The summed E-state index contributed by atoms with van der Waals surface area (Å²) in [5.41, 5.74) is 10.7. The molecule has 5 N–H and O–H groups in total. The average molecular weight is 214 g/mol. The second-order valence-corrected chi connectivity index (χ2v) is 4.08. The highest BCUT2D eigenvalue weighted by atomic mass is 16.2. The lowest BCUT2D eigenvalue weighted by Gasteiger charge is -2.34. The van der Waals surface area contributed by atoms with Crippen molar-refractivity contribution in [3.8, 4) is 0 Å². The summed E-state index contributed by atoms with van der Waals surface area (Å²) in [7, 11) is 0. The summed E-state index contributed by atoms with van der Waals surface area (Å²) in [4.78, 5) is 23.6. The maximum Gasteiger partial charge on any atom is 0.318 e. The lowest BCUT2D eigenvalue weighted by atomic mass is 9.94. The molecular weight excluding hydrogens is 196 g/mol. The van der Waals surface area contributed by atoms with E-state index in [4.69, 9.17) is 11.5 Å². The second kappa shape index (κ2) is 5.09. The number of nitrogens with one attached hydrogen (secondary N) is 1. The first-order chi connectivity index (χ1) is 6.99. The van der Waals surface area contributed by atoms with E-state index in [0.717, 1.165) is 13.0 Å². The summed E-state index contributed by atoms with van der Waals surface area (Å²) in [6.07, 6.45) is 0.977. The maximum atomic E-state index is 11.2. The average Bonchev–Trinajstić information content (AvgIpc) is 2.10. The van der Waals surface area contributed by atoms with Gasteiger partial charge in [-0.3, -0.25) is 15.0 Å². The minimum atomic E-state index is -0.810. The van der Waals surface area contributed by atoms with E-state index in [1.54, 1.807) is 0 Å². The highest BCUT2D eigenvalue weighted by molar-refractivity contribution is 5.94. The van der Waals surface area contributed by atoms with Gasteiger partial charge in [0.15, 0.2) is 0 Å². The Hall–Kier alpha value is -1.14. The zero-order valence-electron chi connectivity index (χ0n) is 8.90. The molecule has 1 rings (SSSR count). The zero-order valence-corrected chi connectivity index (χ0v) is 8.90. The van der Waals surface area contributed by atoms with Crippen molar-refractivity contribution in [3.05, 3.63) is 0 Å². The van der Waals surface area contributed by atoms with Gasteiger partial charge in [-0.15, -0.1) is 0 Å². The zero-order chi connectivity index (χ0) is 11.4. The third-order valence-electron chi connectivity index (χ3n) is 2.73. The normalized spacial score (nSPS) is 27.3. The van der Waals surface area contributed by atoms with Crippen molar-refractivity contribution in [1.82, 2.24) is 10.2 Å². The van der Waals surface area contributed by atoms with Crippen molar-refractivity contribution in [2.24, 2.45) is 17.4 Å². The van der Waals surface area contributed by atoms with E-state index in [2.05, 4.69) is 6.92 Å². The molecule has 3 amide bonds. The van der Waals surface area contributed by atoms with Crippen LogP contribution in [0.25, 0.3) is 0 Å². The van der Waals surface area contributed by atoms with Gasteiger partial charge < -0.3 is 11.5 Å². The van der Waals surface area contributed by atoms with Crippen LogP contribution in [0.1, 0.15) is 13.3 Å². The molecule has 1 saturated heterocycles. The molecule has 0 radical (unpaired) electrons. The van der Waals surface area contributed by atoms with Crippen LogP contribution in [0.15, 0.2) is 0 Å². The van der Waals surface area contributed by atoms with Crippen LogP contribution in [-0.2, 0) is 4.79 Å². The molecule has 0 aromatic carbocycles. The summed E-state index contributed by atoms with van der Waals surface area (Å²) >= 11 is 0. The van der Waals surface area contributed by atoms with Crippen LogP contribution < -0.4 is 16.8 Å². The van der Waals surface area contributed by atoms with Crippen molar-refractivity contribution >= 4 is 11.9 Å². The number of amides is 3. The highest BCUT2D eigenvalue weighted by Gasteiger charge is 2.24. The van der Waals surface area contributed by atoms with Crippen LogP contribution in [0.5, 0.6) is 0 Å². The molecule has 2 unspecified atom stereocenters. The Kier molecular flexibility index (Phi) is 4.05.